The Bertz CT molecular complexity index is 1370. The number of anilines is 1. The van der Waals surface area contributed by atoms with Crippen molar-refractivity contribution < 1.29 is 23.4 Å². The summed E-state index contributed by atoms with van der Waals surface area (Å²) in [5.41, 5.74) is 5.78. The molecule has 0 aliphatic rings. The van der Waals surface area contributed by atoms with Crippen molar-refractivity contribution in [2.24, 2.45) is 0 Å². The first-order valence-corrected chi connectivity index (χ1v) is 10.8. The number of hydrogen-bond acceptors (Lipinski definition) is 5. The minimum absolute atomic E-state index is 0.217. The molecule has 1 aromatic heterocycles. The summed E-state index contributed by atoms with van der Waals surface area (Å²) in [6.07, 6.45) is 3.25. The predicted molar refractivity (Wildman–Crippen MR) is 135 cm³/mol. The molecule has 0 saturated carbocycles. The maximum absolute atomic E-state index is 12.7. The Morgan fingerprint density at radius 3 is 2.29 bits per heavy atom. The lowest BCUT2D eigenvalue weighted by Crippen LogP contribution is -2.08. The van der Waals surface area contributed by atoms with E-state index >= 15 is 0 Å². The van der Waals surface area contributed by atoms with Gasteiger partial charge in [0.15, 0.2) is 0 Å². The molecule has 3 aromatic carbocycles. The standard InChI is InChI=1S/C28H27NO5/c1-17-6-8-19(9-7-17)29-28(30)12-18(2)21-14-23-24(16-34-27(23)15-26(21)33-5)22-13-20(31-3)10-11-25(22)32-4/h6-16H,1-5H3,(H,29,30)/b18-12+. The van der Waals surface area contributed by atoms with Crippen LogP contribution < -0.4 is 19.5 Å². The van der Waals surface area contributed by atoms with Crippen LogP contribution in [0.4, 0.5) is 5.69 Å². The molecule has 0 unspecified atom stereocenters. The molecule has 1 amide bonds. The van der Waals surface area contributed by atoms with Crippen LogP contribution >= 0.6 is 0 Å². The summed E-state index contributed by atoms with van der Waals surface area (Å²) in [4.78, 5) is 12.7. The molecule has 0 atom stereocenters. The number of rotatable bonds is 7. The molecule has 1 heterocycles. The van der Waals surface area contributed by atoms with Crippen LogP contribution in [0.3, 0.4) is 0 Å². The molecular formula is C28H27NO5. The molecule has 0 radical (unpaired) electrons. The number of fused-ring (bicyclic) bond motifs is 1. The Kier molecular flexibility index (Phi) is 6.59. The van der Waals surface area contributed by atoms with E-state index in [1.165, 1.54) is 0 Å². The van der Waals surface area contributed by atoms with Gasteiger partial charge in [-0.1, -0.05) is 17.7 Å². The normalized spacial score (nSPS) is 11.4. The number of allylic oxidation sites excluding steroid dienone is 1. The van der Waals surface area contributed by atoms with Gasteiger partial charge in [-0.2, -0.15) is 0 Å². The molecule has 174 valence electrons. The number of carbonyl (C=O) groups is 1. The Labute approximate surface area is 198 Å². The number of benzene rings is 3. The quantitative estimate of drug-likeness (QED) is 0.322. The second-order valence-corrected chi connectivity index (χ2v) is 7.95. The van der Waals surface area contributed by atoms with E-state index in [0.29, 0.717) is 22.8 Å². The van der Waals surface area contributed by atoms with Crippen molar-refractivity contribution in [1.29, 1.82) is 0 Å². The van der Waals surface area contributed by atoms with Gasteiger partial charge in [-0.3, -0.25) is 4.79 Å². The van der Waals surface area contributed by atoms with Gasteiger partial charge in [-0.15, -0.1) is 0 Å². The van der Waals surface area contributed by atoms with E-state index in [0.717, 1.165) is 38.9 Å². The van der Waals surface area contributed by atoms with E-state index < -0.39 is 0 Å². The Balaban J connectivity index is 1.75. The monoisotopic (exact) mass is 457 g/mol. The summed E-state index contributed by atoms with van der Waals surface area (Å²) in [6.45, 7) is 3.88. The van der Waals surface area contributed by atoms with Crippen molar-refractivity contribution >= 4 is 28.1 Å². The van der Waals surface area contributed by atoms with Gasteiger partial charge in [-0.25, -0.2) is 0 Å². The SMILES string of the molecule is COc1ccc(OC)c(-c2coc3cc(OC)c(/C(C)=C/C(=O)Nc4ccc(C)cc4)cc23)c1. The number of furan rings is 1. The van der Waals surface area contributed by atoms with Crippen molar-refractivity contribution in [2.75, 3.05) is 26.6 Å². The van der Waals surface area contributed by atoms with Gasteiger partial charge < -0.3 is 23.9 Å². The van der Waals surface area contributed by atoms with Crippen molar-refractivity contribution in [1.82, 2.24) is 0 Å². The summed E-state index contributed by atoms with van der Waals surface area (Å²) in [5, 5.41) is 3.77. The lowest BCUT2D eigenvalue weighted by Gasteiger charge is -2.12. The fourth-order valence-corrected chi connectivity index (χ4v) is 3.85. The third kappa shape index (κ3) is 4.62. The molecular weight excluding hydrogens is 430 g/mol. The molecule has 4 rings (SSSR count). The van der Waals surface area contributed by atoms with Crippen LogP contribution in [0.1, 0.15) is 18.1 Å². The van der Waals surface area contributed by atoms with Gasteiger partial charge >= 0.3 is 0 Å². The van der Waals surface area contributed by atoms with Gasteiger partial charge in [0, 0.05) is 39.9 Å². The lowest BCUT2D eigenvalue weighted by atomic mass is 9.98. The van der Waals surface area contributed by atoms with Crippen LogP contribution in [0.15, 0.2) is 71.4 Å². The Morgan fingerprint density at radius 2 is 1.62 bits per heavy atom. The smallest absolute Gasteiger partial charge is 0.248 e. The van der Waals surface area contributed by atoms with Crippen molar-refractivity contribution in [2.45, 2.75) is 13.8 Å². The molecule has 34 heavy (non-hydrogen) atoms. The minimum atomic E-state index is -0.217. The highest BCUT2D eigenvalue weighted by Gasteiger charge is 2.18. The van der Waals surface area contributed by atoms with Gasteiger partial charge in [0.05, 0.1) is 27.6 Å². The Hall–Kier alpha value is -4.19. The fraction of sp³-hybridized carbons (Fsp3) is 0.179. The van der Waals surface area contributed by atoms with Gasteiger partial charge in [0.25, 0.3) is 0 Å². The number of ether oxygens (including phenoxy) is 3. The van der Waals surface area contributed by atoms with E-state index in [4.69, 9.17) is 18.6 Å². The largest absolute Gasteiger partial charge is 0.497 e. The van der Waals surface area contributed by atoms with E-state index in [-0.39, 0.29) is 5.91 Å². The van der Waals surface area contributed by atoms with Crippen LogP contribution in [0.2, 0.25) is 0 Å². The number of amides is 1. The van der Waals surface area contributed by atoms with Crippen LogP contribution in [0.5, 0.6) is 17.2 Å². The summed E-state index contributed by atoms with van der Waals surface area (Å²) in [7, 11) is 4.85. The first-order chi connectivity index (χ1) is 16.4. The van der Waals surface area contributed by atoms with Crippen molar-refractivity contribution in [3.63, 3.8) is 0 Å². The molecule has 6 heteroatoms. The number of carbonyl (C=O) groups excluding carboxylic acids is 1. The predicted octanol–water partition coefficient (Wildman–Crippen LogP) is 6.48. The summed E-state index contributed by atoms with van der Waals surface area (Å²) in [6, 6.07) is 17.1. The number of hydrogen-bond donors (Lipinski definition) is 1. The molecule has 6 nitrogen and oxygen atoms in total. The average Bonchev–Trinajstić information content (AvgIpc) is 3.26. The highest BCUT2D eigenvalue weighted by Crippen LogP contribution is 2.41. The first-order valence-electron chi connectivity index (χ1n) is 10.8. The number of methoxy groups -OCH3 is 3. The molecule has 0 fully saturated rings. The molecule has 0 bridgehead atoms. The topological polar surface area (TPSA) is 69.9 Å². The zero-order chi connectivity index (χ0) is 24.2. The third-order valence-electron chi connectivity index (χ3n) is 5.68. The molecule has 0 aliphatic carbocycles. The van der Waals surface area contributed by atoms with E-state index in [2.05, 4.69) is 5.32 Å². The maximum atomic E-state index is 12.7. The van der Waals surface area contributed by atoms with Crippen molar-refractivity contribution in [3.05, 3.63) is 78.1 Å². The van der Waals surface area contributed by atoms with Crippen LogP contribution in [-0.4, -0.2) is 27.2 Å². The Morgan fingerprint density at radius 1 is 0.882 bits per heavy atom. The molecule has 0 spiro atoms. The summed E-state index contributed by atoms with van der Waals surface area (Å²) in [5.74, 6) is 1.81. The van der Waals surface area contributed by atoms with Gasteiger partial charge in [0.1, 0.15) is 22.8 Å². The number of nitrogens with one attached hydrogen (secondary N) is 1. The van der Waals surface area contributed by atoms with E-state index in [1.54, 1.807) is 33.7 Å². The van der Waals surface area contributed by atoms with E-state index in [1.807, 2.05) is 68.4 Å². The zero-order valence-corrected chi connectivity index (χ0v) is 19.9. The summed E-state index contributed by atoms with van der Waals surface area (Å²) < 4.78 is 22.4. The van der Waals surface area contributed by atoms with Gasteiger partial charge in [0.2, 0.25) is 5.91 Å². The molecule has 0 aliphatic heterocycles. The zero-order valence-electron chi connectivity index (χ0n) is 19.9. The third-order valence-corrected chi connectivity index (χ3v) is 5.68. The van der Waals surface area contributed by atoms with Crippen LogP contribution in [0.25, 0.3) is 27.7 Å². The molecule has 1 N–H and O–H groups in total. The van der Waals surface area contributed by atoms with E-state index in [9.17, 15) is 4.79 Å². The summed E-state index contributed by atoms with van der Waals surface area (Å²) >= 11 is 0. The van der Waals surface area contributed by atoms with Gasteiger partial charge in [-0.05, 0) is 55.8 Å². The van der Waals surface area contributed by atoms with Crippen molar-refractivity contribution in [3.8, 4) is 28.4 Å². The average molecular weight is 458 g/mol. The van der Waals surface area contributed by atoms with Crippen LogP contribution in [-0.2, 0) is 4.79 Å². The maximum Gasteiger partial charge on any atom is 0.248 e. The highest BCUT2D eigenvalue weighted by molar-refractivity contribution is 6.05. The highest BCUT2D eigenvalue weighted by atomic mass is 16.5. The lowest BCUT2D eigenvalue weighted by molar-refractivity contribution is -0.111. The fourth-order valence-electron chi connectivity index (χ4n) is 3.85. The number of aryl methyl sites for hydroxylation is 1. The second-order valence-electron chi connectivity index (χ2n) is 7.95. The molecule has 4 aromatic rings. The minimum Gasteiger partial charge on any atom is -0.497 e. The second kappa shape index (κ2) is 9.75. The molecule has 0 saturated heterocycles. The van der Waals surface area contributed by atoms with Crippen LogP contribution in [0, 0.1) is 6.92 Å². The first kappa shape index (κ1) is 23.0.